The van der Waals surface area contributed by atoms with Crippen LogP contribution in [-0.4, -0.2) is 9.13 Å². The third-order valence-corrected chi connectivity index (χ3v) is 9.22. The van der Waals surface area contributed by atoms with Crippen molar-refractivity contribution in [1.82, 2.24) is 9.13 Å². The van der Waals surface area contributed by atoms with Gasteiger partial charge in [-0.05, 0) is 85.5 Å². The first-order valence-electron chi connectivity index (χ1n) is 15.4. The van der Waals surface area contributed by atoms with Crippen LogP contribution in [0.5, 0.6) is 0 Å². The molecule has 0 aliphatic carbocycles. The molecule has 8 aromatic rings. The first-order valence-corrected chi connectivity index (χ1v) is 15.4. The third-order valence-electron chi connectivity index (χ3n) is 9.22. The highest BCUT2D eigenvalue weighted by Gasteiger charge is 2.35. The fourth-order valence-corrected chi connectivity index (χ4v) is 7.18. The maximum Gasteiger partial charge on any atom is 0.417 e. The second-order valence-electron chi connectivity index (χ2n) is 12.2. The molecule has 2 aromatic heterocycles. The number of nitriles is 1. The predicted molar refractivity (Wildman–Crippen MR) is 184 cm³/mol. The van der Waals surface area contributed by atoms with Gasteiger partial charge >= 0.3 is 6.18 Å². The summed E-state index contributed by atoms with van der Waals surface area (Å²) in [6, 6.07) is 38.4. The van der Waals surface area contributed by atoms with Crippen LogP contribution in [0.25, 0.3) is 66.1 Å². The lowest BCUT2D eigenvalue weighted by Crippen LogP contribution is -2.10. The minimum atomic E-state index is -4.60. The minimum absolute atomic E-state index is 0.0938. The Balaban J connectivity index is 1.59. The number of nitrogens with zero attached hydrogens (tertiary/aromatic N) is 3. The van der Waals surface area contributed by atoms with Gasteiger partial charge < -0.3 is 9.13 Å². The molecule has 0 spiro atoms. The Labute approximate surface area is 269 Å². The summed E-state index contributed by atoms with van der Waals surface area (Å²) in [5, 5.41) is 14.7. The zero-order valence-corrected chi connectivity index (χ0v) is 25.9. The minimum Gasteiger partial charge on any atom is -0.309 e. The topological polar surface area (TPSA) is 33.6 Å². The van der Waals surface area contributed by atoms with E-state index in [1.807, 2.05) is 83.6 Å². The van der Waals surface area contributed by atoms with Crippen molar-refractivity contribution >= 4 is 43.6 Å². The van der Waals surface area contributed by atoms with Gasteiger partial charge in [0.1, 0.15) is 6.07 Å². The summed E-state index contributed by atoms with van der Waals surface area (Å²) in [4.78, 5) is 0. The molecule has 2 heterocycles. The van der Waals surface area contributed by atoms with Gasteiger partial charge in [0, 0.05) is 27.1 Å². The van der Waals surface area contributed by atoms with E-state index in [-0.39, 0.29) is 5.56 Å². The molecule has 0 bridgehead atoms. The van der Waals surface area contributed by atoms with Gasteiger partial charge in [0.25, 0.3) is 0 Å². The summed E-state index contributed by atoms with van der Waals surface area (Å²) in [5.41, 5.74) is 7.18. The van der Waals surface area contributed by atoms with Crippen LogP contribution in [0.3, 0.4) is 0 Å². The van der Waals surface area contributed by atoms with Gasteiger partial charge in [0.05, 0.1) is 44.6 Å². The lowest BCUT2D eigenvalue weighted by molar-refractivity contribution is -0.137. The highest BCUT2D eigenvalue weighted by atomic mass is 19.4. The van der Waals surface area contributed by atoms with Gasteiger partial charge in [-0.25, -0.2) is 0 Å². The van der Waals surface area contributed by atoms with Gasteiger partial charge in [0.15, 0.2) is 0 Å². The SMILES string of the molecule is Cc1ccc2c3ccccc3n(-c3cc(-c4c(C)cccc4C(F)(F)F)c(-n4c5ccccc5c5ccc(C)cc54)cc3C#N)c2c1. The largest absolute Gasteiger partial charge is 0.417 e. The number of fused-ring (bicyclic) bond motifs is 6. The molecule has 0 aliphatic rings. The molecule has 0 amide bonds. The molecule has 0 saturated heterocycles. The molecule has 0 atom stereocenters. The predicted octanol–water partition coefficient (Wildman–Crippen LogP) is 11.4. The lowest BCUT2D eigenvalue weighted by Gasteiger charge is -2.22. The molecular weight excluding hydrogens is 591 g/mol. The second-order valence-corrected chi connectivity index (χ2v) is 12.2. The molecule has 0 fully saturated rings. The number of hydrogen-bond acceptors (Lipinski definition) is 1. The van der Waals surface area contributed by atoms with Crippen molar-refractivity contribution < 1.29 is 13.2 Å². The summed E-state index contributed by atoms with van der Waals surface area (Å²) in [5.74, 6) is 0. The van der Waals surface area contributed by atoms with Crippen molar-refractivity contribution in [2.75, 3.05) is 0 Å². The Bertz CT molecular complexity index is 2610. The van der Waals surface area contributed by atoms with E-state index >= 15 is 0 Å². The fourth-order valence-electron chi connectivity index (χ4n) is 7.18. The molecule has 8 rings (SSSR count). The summed E-state index contributed by atoms with van der Waals surface area (Å²) < 4.78 is 48.6. The van der Waals surface area contributed by atoms with Gasteiger partial charge in [-0.1, -0.05) is 72.8 Å². The summed E-state index contributed by atoms with van der Waals surface area (Å²) in [6.45, 7) is 5.72. The van der Waals surface area contributed by atoms with Crippen LogP contribution in [0.1, 0.15) is 27.8 Å². The molecular formula is C41H28F3N3. The van der Waals surface area contributed by atoms with E-state index in [0.29, 0.717) is 28.1 Å². The Morgan fingerprint density at radius 1 is 0.553 bits per heavy atom. The van der Waals surface area contributed by atoms with E-state index in [2.05, 4.69) is 30.3 Å². The second kappa shape index (κ2) is 10.4. The average molecular weight is 620 g/mol. The molecule has 0 unspecified atom stereocenters. The quantitative estimate of drug-likeness (QED) is 0.194. The number of aromatic nitrogens is 2. The van der Waals surface area contributed by atoms with Crippen LogP contribution in [0, 0.1) is 32.1 Å². The monoisotopic (exact) mass is 619 g/mol. The van der Waals surface area contributed by atoms with Gasteiger partial charge in [-0.2, -0.15) is 18.4 Å². The smallest absolute Gasteiger partial charge is 0.309 e. The van der Waals surface area contributed by atoms with Crippen LogP contribution in [0.4, 0.5) is 13.2 Å². The lowest BCUT2D eigenvalue weighted by atomic mass is 9.91. The normalized spacial score (nSPS) is 12.0. The summed E-state index contributed by atoms with van der Waals surface area (Å²) in [7, 11) is 0. The maximum atomic E-state index is 14.9. The average Bonchev–Trinajstić information content (AvgIpc) is 3.55. The van der Waals surface area contributed by atoms with E-state index in [1.165, 1.54) is 6.07 Å². The molecule has 6 aromatic carbocycles. The molecule has 0 N–H and O–H groups in total. The third kappa shape index (κ3) is 4.34. The zero-order chi connectivity index (χ0) is 32.6. The number of aryl methyl sites for hydroxylation is 3. The molecule has 47 heavy (non-hydrogen) atoms. The summed E-state index contributed by atoms with van der Waals surface area (Å²) >= 11 is 0. The van der Waals surface area contributed by atoms with E-state index in [1.54, 1.807) is 25.1 Å². The fraction of sp³-hybridized carbons (Fsp3) is 0.0976. The first-order chi connectivity index (χ1) is 22.7. The molecule has 6 heteroatoms. The molecule has 0 radical (unpaired) electrons. The number of halogens is 3. The van der Waals surface area contributed by atoms with Crippen molar-refractivity contribution in [2.24, 2.45) is 0 Å². The van der Waals surface area contributed by atoms with E-state index in [4.69, 9.17) is 0 Å². The molecule has 228 valence electrons. The van der Waals surface area contributed by atoms with Crippen LogP contribution in [-0.2, 0) is 6.18 Å². The number of para-hydroxylation sites is 2. The number of hydrogen-bond donors (Lipinski definition) is 0. The van der Waals surface area contributed by atoms with Gasteiger partial charge in [-0.3, -0.25) is 0 Å². The van der Waals surface area contributed by atoms with Crippen molar-refractivity contribution in [3.8, 4) is 28.6 Å². The standard InChI is InChI=1S/C41H28F3N3/c1-24-15-17-30-28-10-4-6-13-34(28)46(37(30)19-24)36-22-32(40-26(3)9-8-12-33(40)41(42,43)44)39(21-27(36)23-45)47-35-14-7-5-11-29(35)31-18-16-25(2)20-38(31)47/h4-22H,1-3H3. The van der Waals surface area contributed by atoms with Crippen LogP contribution in [0.15, 0.2) is 115 Å². The first kappa shape index (κ1) is 28.7. The highest BCUT2D eigenvalue weighted by molar-refractivity contribution is 6.11. The highest BCUT2D eigenvalue weighted by Crippen LogP contribution is 2.45. The van der Waals surface area contributed by atoms with Crippen LogP contribution < -0.4 is 0 Å². The molecule has 0 aliphatic heterocycles. The Kier molecular flexibility index (Phi) is 6.32. The maximum absolute atomic E-state index is 14.9. The molecule has 0 saturated carbocycles. The van der Waals surface area contributed by atoms with Crippen molar-refractivity contribution in [1.29, 1.82) is 5.26 Å². The van der Waals surface area contributed by atoms with E-state index < -0.39 is 11.7 Å². The van der Waals surface area contributed by atoms with Crippen LogP contribution in [0.2, 0.25) is 0 Å². The Hall–Kier alpha value is -5.80. The molecule has 3 nitrogen and oxygen atoms in total. The van der Waals surface area contributed by atoms with Crippen molar-refractivity contribution in [2.45, 2.75) is 26.9 Å². The Morgan fingerprint density at radius 2 is 1.09 bits per heavy atom. The zero-order valence-electron chi connectivity index (χ0n) is 25.9. The van der Waals surface area contributed by atoms with Crippen molar-refractivity contribution in [3.63, 3.8) is 0 Å². The van der Waals surface area contributed by atoms with E-state index in [0.717, 1.165) is 60.8 Å². The van der Waals surface area contributed by atoms with Crippen molar-refractivity contribution in [3.05, 3.63) is 143 Å². The number of alkyl halides is 3. The van der Waals surface area contributed by atoms with Gasteiger partial charge in [0.2, 0.25) is 0 Å². The van der Waals surface area contributed by atoms with Gasteiger partial charge in [-0.15, -0.1) is 0 Å². The summed E-state index contributed by atoms with van der Waals surface area (Å²) in [6.07, 6.45) is -4.60. The van der Waals surface area contributed by atoms with Crippen LogP contribution >= 0.6 is 0 Å². The number of benzene rings is 6. The number of rotatable bonds is 3. The Morgan fingerprint density at radius 3 is 1.64 bits per heavy atom. The van der Waals surface area contributed by atoms with E-state index in [9.17, 15) is 18.4 Å².